The number of nitrogens with zero attached hydrogens (tertiary/aromatic N) is 1. The standard InChI is InChI=1S/C12H19N3O2/c1-8(7-16)5-13-12(17)9-2-3-10-6-14-15-11(10)4-9/h6,8-9,16H,2-5,7H2,1H3,(H,13,17)(H,14,15). The first-order valence-electron chi connectivity index (χ1n) is 6.10. The molecule has 2 unspecified atom stereocenters. The second-order valence-corrected chi connectivity index (χ2v) is 4.85. The van der Waals surface area contributed by atoms with Crippen LogP contribution in [0.3, 0.4) is 0 Å². The highest BCUT2D eigenvalue weighted by molar-refractivity contribution is 5.79. The predicted molar refractivity (Wildman–Crippen MR) is 63.4 cm³/mol. The van der Waals surface area contributed by atoms with Crippen molar-refractivity contribution in [2.45, 2.75) is 26.2 Å². The third kappa shape index (κ3) is 2.85. The third-order valence-corrected chi connectivity index (χ3v) is 3.33. The number of fused-ring (bicyclic) bond motifs is 1. The lowest BCUT2D eigenvalue weighted by atomic mass is 9.87. The minimum atomic E-state index is 0.0360. The molecule has 1 aromatic heterocycles. The van der Waals surface area contributed by atoms with E-state index >= 15 is 0 Å². The number of aliphatic hydroxyl groups is 1. The molecule has 0 saturated carbocycles. The number of hydrogen-bond donors (Lipinski definition) is 3. The van der Waals surface area contributed by atoms with Crippen LogP contribution in [0.1, 0.15) is 24.6 Å². The molecule has 5 heteroatoms. The Morgan fingerprint density at radius 3 is 3.35 bits per heavy atom. The molecule has 1 aliphatic rings. The van der Waals surface area contributed by atoms with Crippen LogP contribution in [-0.2, 0) is 17.6 Å². The van der Waals surface area contributed by atoms with Crippen LogP contribution in [0.25, 0.3) is 0 Å². The summed E-state index contributed by atoms with van der Waals surface area (Å²) in [5.74, 6) is 0.240. The Bertz CT molecular complexity index is 389. The molecule has 94 valence electrons. The molecule has 2 atom stereocenters. The maximum Gasteiger partial charge on any atom is 0.223 e. The fourth-order valence-corrected chi connectivity index (χ4v) is 2.12. The van der Waals surface area contributed by atoms with E-state index in [9.17, 15) is 4.79 Å². The number of rotatable bonds is 4. The maximum atomic E-state index is 11.9. The van der Waals surface area contributed by atoms with E-state index in [0.717, 1.165) is 25.0 Å². The average Bonchev–Trinajstić information content (AvgIpc) is 2.82. The van der Waals surface area contributed by atoms with Crippen molar-refractivity contribution in [1.29, 1.82) is 0 Å². The van der Waals surface area contributed by atoms with Crippen LogP contribution in [0.5, 0.6) is 0 Å². The molecule has 0 fully saturated rings. The Hall–Kier alpha value is -1.36. The van der Waals surface area contributed by atoms with Crippen LogP contribution in [0, 0.1) is 11.8 Å². The number of carbonyl (C=O) groups is 1. The minimum absolute atomic E-state index is 0.0360. The number of aliphatic hydroxyl groups excluding tert-OH is 1. The zero-order chi connectivity index (χ0) is 12.3. The smallest absolute Gasteiger partial charge is 0.223 e. The molecule has 1 amide bonds. The van der Waals surface area contributed by atoms with Crippen LogP contribution < -0.4 is 5.32 Å². The van der Waals surface area contributed by atoms with Crippen LogP contribution in [0.4, 0.5) is 0 Å². The van der Waals surface area contributed by atoms with Crippen LogP contribution >= 0.6 is 0 Å². The lowest BCUT2D eigenvalue weighted by Gasteiger charge is -2.21. The van der Waals surface area contributed by atoms with Crippen molar-refractivity contribution in [2.75, 3.05) is 13.2 Å². The summed E-state index contributed by atoms with van der Waals surface area (Å²) < 4.78 is 0. The number of H-pyrrole nitrogens is 1. The molecule has 17 heavy (non-hydrogen) atoms. The van der Waals surface area contributed by atoms with Gasteiger partial charge in [0.25, 0.3) is 0 Å². The van der Waals surface area contributed by atoms with Crippen LogP contribution in [0.2, 0.25) is 0 Å². The van der Waals surface area contributed by atoms with Gasteiger partial charge in [0.2, 0.25) is 5.91 Å². The summed E-state index contributed by atoms with van der Waals surface area (Å²) >= 11 is 0. The number of carbonyl (C=O) groups excluding carboxylic acids is 1. The van der Waals surface area contributed by atoms with Gasteiger partial charge in [-0.25, -0.2) is 0 Å². The van der Waals surface area contributed by atoms with Gasteiger partial charge < -0.3 is 10.4 Å². The summed E-state index contributed by atoms with van der Waals surface area (Å²) in [7, 11) is 0. The second kappa shape index (κ2) is 5.31. The molecule has 3 N–H and O–H groups in total. The van der Waals surface area contributed by atoms with Crippen molar-refractivity contribution in [3.63, 3.8) is 0 Å². The van der Waals surface area contributed by atoms with Gasteiger partial charge in [0, 0.05) is 31.2 Å². The molecule has 1 heterocycles. The van der Waals surface area contributed by atoms with E-state index in [1.165, 1.54) is 5.56 Å². The lowest BCUT2D eigenvalue weighted by Crippen LogP contribution is -2.37. The van der Waals surface area contributed by atoms with Crippen LogP contribution in [-0.4, -0.2) is 34.4 Å². The SMILES string of the molecule is CC(CO)CNC(=O)C1CCc2cn[nH]c2C1. The van der Waals surface area contributed by atoms with Gasteiger partial charge in [-0.05, 0) is 24.3 Å². The minimum Gasteiger partial charge on any atom is -0.396 e. The normalized spacial score (nSPS) is 20.7. The van der Waals surface area contributed by atoms with E-state index < -0.39 is 0 Å². The van der Waals surface area contributed by atoms with Crippen molar-refractivity contribution in [3.05, 3.63) is 17.5 Å². The van der Waals surface area contributed by atoms with E-state index in [2.05, 4.69) is 15.5 Å². The third-order valence-electron chi connectivity index (χ3n) is 3.33. The highest BCUT2D eigenvalue weighted by atomic mass is 16.3. The molecular weight excluding hydrogens is 218 g/mol. The summed E-state index contributed by atoms with van der Waals surface area (Å²) in [5.41, 5.74) is 2.32. The second-order valence-electron chi connectivity index (χ2n) is 4.85. The topological polar surface area (TPSA) is 78.0 Å². The highest BCUT2D eigenvalue weighted by Gasteiger charge is 2.25. The quantitative estimate of drug-likeness (QED) is 0.703. The molecule has 1 aromatic rings. The molecule has 5 nitrogen and oxygen atoms in total. The van der Waals surface area contributed by atoms with Gasteiger partial charge in [-0.2, -0.15) is 5.10 Å². The van der Waals surface area contributed by atoms with Gasteiger partial charge in [-0.1, -0.05) is 6.92 Å². The molecule has 1 aliphatic carbocycles. The Morgan fingerprint density at radius 1 is 1.76 bits per heavy atom. The number of aromatic nitrogens is 2. The van der Waals surface area contributed by atoms with E-state index in [1.807, 2.05) is 13.1 Å². The average molecular weight is 237 g/mol. The van der Waals surface area contributed by atoms with Gasteiger partial charge in [-0.15, -0.1) is 0 Å². The van der Waals surface area contributed by atoms with Crippen molar-refractivity contribution in [1.82, 2.24) is 15.5 Å². The number of aryl methyl sites for hydroxylation is 1. The van der Waals surface area contributed by atoms with Crippen LogP contribution in [0.15, 0.2) is 6.20 Å². The Labute approximate surface area is 101 Å². The Kier molecular flexibility index (Phi) is 3.78. The van der Waals surface area contributed by atoms with Gasteiger partial charge in [-0.3, -0.25) is 9.89 Å². The van der Waals surface area contributed by atoms with E-state index in [0.29, 0.717) is 6.54 Å². The zero-order valence-corrected chi connectivity index (χ0v) is 10.1. The zero-order valence-electron chi connectivity index (χ0n) is 10.1. The molecular formula is C12H19N3O2. The van der Waals surface area contributed by atoms with Crippen molar-refractivity contribution < 1.29 is 9.90 Å². The summed E-state index contributed by atoms with van der Waals surface area (Å²) in [6.45, 7) is 2.56. The molecule has 2 rings (SSSR count). The van der Waals surface area contributed by atoms with Gasteiger partial charge in [0.1, 0.15) is 0 Å². The monoisotopic (exact) mass is 237 g/mol. The van der Waals surface area contributed by atoms with Crippen molar-refractivity contribution >= 4 is 5.91 Å². The van der Waals surface area contributed by atoms with E-state index in [-0.39, 0.29) is 24.3 Å². The molecule has 0 saturated heterocycles. The fraction of sp³-hybridized carbons (Fsp3) is 0.667. The molecule has 0 aromatic carbocycles. The molecule has 0 radical (unpaired) electrons. The first-order valence-corrected chi connectivity index (χ1v) is 6.10. The summed E-state index contributed by atoms with van der Waals surface area (Å²) in [6.07, 6.45) is 4.39. The maximum absolute atomic E-state index is 11.9. The number of aromatic amines is 1. The highest BCUT2D eigenvalue weighted by Crippen LogP contribution is 2.23. The largest absolute Gasteiger partial charge is 0.396 e. The van der Waals surface area contributed by atoms with Crippen molar-refractivity contribution in [2.24, 2.45) is 11.8 Å². The number of nitrogens with one attached hydrogen (secondary N) is 2. The van der Waals surface area contributed by atoms with E-state index in [4.69, 9.17) is 5.11 Å². The van der Waals surface area contributed by atoms with Gasteiger partial charge in [0.05, 0.1) is 6.20 Å². The summed E-state index contributed by atoms with van der Waals surface area (Å²) in [6, 6.07) is 0. The Balaban J connectivity index is 1.86. The first-order chi connectivity index (χ1) is 8.20. The van der Waals surface area contributed by atoms with Gasteiger partial charge in [0.15, 0.2) is 0 Å². The van der Waals surface area contributed by atoms with E-state index in [1.54, 1.807) is 0 Å². The predicted octanol–water partition coefficient (Wildman–Crippen LogP) is 0.259. The Morgan fingerprint density at radius 2 is 2.59 bits per heavy atom. The molecule has 0 aliphatic heterocycles. The summed E-state index contributed by atoms with van der Waals surface area (Å²) in [4.78, 5) is 11.9. The lowest BCUT2D eigenvalue weighted by molar-refractivity contribution is -0.125. The molecule has 0 spiro atoms. The van der Waals surface area contributed by atoms with Crippen molar-refractivity contribution in [3.8, 4) is 0 Å². The summed E-state index contributed by atoms with van der Waals surface area (Å²) in [5, 5.41) is 18.7. The first kappa shape index (κ1) is 12.1. The number of hydrogen-bond acceptors (Lipinski definition) is 3. The van der Waals surface area contributed by atoms with Gasteiger partial charge >= 0.3 is 0 Å². The fourth-order valence-electron chi connectivity index (χ4n) is 2.12. The molecule has 0 bridgehead atoms. The number of amides is 1.